The van der Waals surface area contributed by atoms with Crippen LogP contribution in [0.25, 0.3) is 21.2 Å². The molecule has 144 valence electrons. The van der Waals surface area contributed by atoms with Crippen molar-refractivity contribution in [1.29, 1.82) is 0 Å². The second kappa shape index (κ2) is 11.3. The summed E-state index contributed by atoms with van der Waals surface area (Å²) in [6, 6.07) is 18.2. The molecule has 0 unspecified atom stereocenters. The van der Waals surface area contributed by atoms with Gasteiger partial charge in [0.05, 0.1) is 0 Å². The number of unbranched alkanes of at least 4 members (excludes halogenated alkanes) is 9. The van der Waals surface area contributed by atoms with E-state index in [2.05, 4.69) is 60.8 Å². The third-order valence-electron chi connectivity index (χ3n) is 5.56. The summed E-state index contributed by atoms with van der Waals surface area (Å²) in [4.78, 5) is 0. The van der Waals surface area contributed by atoms with Gasteiger partial charge in [0.15, 0.2) is 0 Å². The van der Waals surface area contributed by atoms with E-state index >= 15 is 0 Å². The molecule has 0 nitrogen and oxygen atoms in total. The van der Waals surface area contributed by atoms with Crippen LogP contribution >= 0.6 is 11.3 Å². The van der Waals surface area contributed by atoms with Crippen LogP contribution in [0.15, 0.2) is 53.9 Å². The monoisotopic (exact) mass is 378 g/mol. The Labute approximate surface area is 169 Å². The van der Waals surface area contributed by atoms with Crippen molar-refractivity contribution in [2.24, 2.45) is 0 Å². The molecule has 0 amide bonds. The molecule has 0 saturated carbocycles. The van der Waals surface area contributed by atoms with Gasteiger partial charge in [0, 0.05) is 4.70 Å². The number of fused-ring (bicyclic) bond motifs is 1. The molecule has 0 radical (unpaired) electrons. The number of thiophene rings is 1. The Morgan fingerprint density at radius 3 is 1.96 bits per heavy atom. The maximum absolute atomic E-state index is 2.32. The second-order valence-corrected chi connectivity index (χ2v) is 8.75. The largest absolute Gasteiger partial charge is 0.144 e. The molecule has 1 aromatic heterocycles. The van der Waals surface area contributed by atoms with Crippen molar-refractivity contribution in [3.8, 4) is 11.1 Å². The fourth-order valence-electron chi connectivity index (χ4n) is 3.81. The Balaban J connectivity index is 1.34. The van der Waals surface area contributed by atoms with Crippen LogP contribution in [0.2, 0.25) is 0 Å². The van der Waals surface area contributed by atoms with Crippen molar-refractivity contribution in [1.82, 2.24) is 0 Å². The molecule has 0 fully saturated rings. The van der Waals surface area contributed by atoms with Gasteiger partial charge < -0.3 is 0 Å². The molecule has 0 spiro atoms. The quantitative estimate of drug-likeness (QED) is 0.276. The van der Waals surface area contributed by atoms with Crippen molar-refractivity contribution in [3.05, 3.63) is 59.5 Å². The zero-order chi connectivity index (χ0) is 18.7. The highest BCUT2D eigenvalue weighted by Crippen LogP contribution is 2.28. The molecule has 3 rings (SSSR count). The standard InChI is InChI=1S/C26H34S/c1-2-3-4-5-6-7-8-9-10-11-12-22-13-15-23(16-14-22)25-18-17-24-19-20-27-26(24)21-25/h13-21H,2-12H2,1H3. The highest BCUT2D eigenvalue weighted by Gasteiger charge is 2.02. The first kappa shape index (κ1) is 20.1. The van der Waals surface area contributed by atoms with E-state index in [9.17, 15) is 0 Å². The van der Waals surface area contributed by atoms with Gasteiger partial charge in [-0.05, 0) is 52.4 Å². The lowest BCUT2D eigenvalue weighted by molar-refractivity contribution is 0.556. The zero-order valence-corrected chi connectivity index (χ0v) is 17.7. The van der Waals surface area contributed by atoms with Gasteiger partial charge in [-0.1, -0.05) is 101 Å². The summed E-state index contributed by atoms with van der Waals surface area (Å²) in [7, 11) is 0. The smallest absolute Gasteiger partial charge is 0.0348 e. The molecule has 1 heterocycles. The van der Waals surface area contributed by atoms with Crippen LogP contribution in [-0.4, -0.2) is 0 Å². The molecule has 2 aromatic carbocycles. The predicted molar refractivity (Wildman–Crippen MR) is 123 cm³/mol. The first-order valence-electron chi connectivity index (χ1n) is 10.9. The average Bonchev–Trinajstić information content (AvgIpc) is 3.18. The summed E-state index contributed by atoms with van der Waals surface area (Å²) >= 11 is 1.82. The normalized spacial score (nSPS) is 11.3. The van der Waals surface area contributed by atoms with Gasteiger partial charge in [-0.15, -0.1) is 11.3 Å². The van der Waals surface area contributed by atoms with E-state index in [4.69, 9.17) is 0 Å². The van der Waals surface area contributed by atoms with E-state index < -0.39 is 0 Å². The molecular formula is C26H34S. The van der Waals surface area contributed by atoms with Crippen LogP contribution in [0.4, 0.5) is 0 Å². The molecule has 0 aliphatic rings. The van der Waals surface area contributed by atoms with E-state index in [0.29, 0.717) is 0 Å². The van der Waals surface area contributed by atoms with Gasteiger partial charge in [0.25, 0.3) is 0 Å². The summed E-state index contributed by atoms with van der Waals surface area (Å²) < 4.78 is 1.38. The fourth-order valence-corrected chi connectivity index (χ4v) is 4.64. The molecule has 3 aromatic rings. The minimum atomic E-state index is 1.22. The van der Waals surface area contributed by atoms with Crippen molar-refractivity contribution in [3.63, 3.8) is 0 Å². The first-order valence-corrected chi connectivity index (χ1v) is 11.8. The van der Waals surface area contributed by atoms with Crippen LogP contribution in [0.5, 0.6) is 0 Å². The maximum atomic E-state index is 2.32. The van der Waals surface area contributed by atoms with Crippen molar-refractivity contribution >= 4 is 21.4 Å². The topological polar surface area (TPSA) is 0 Å². The van der Waals surface area contributed by atoms with Crippen LogP contribution in [-0.2, 0) is 6.42 Å². The number of rotatable bonds is 12. The van der Waals surface area contributed by atoms with E-state index in [1.807, 2.05) is 11.3 Å². The highest BCUT2D eigenvalue weighted by molar-refractivity contribution is 7.17. The van der Waals surface area contributed by atoms with Gasteiger partial charge in [-0.2, -0.15) is 0 Å². The lowest BCUT2D eigenvalue weighted by Gasteiger charge is -2.06. The Morgan fingerprint density at radius 1 is 0.630 bits per heavy atom. The van der Waals surface area contributed by atoms with E-state index in [1.165, 1.54) is 97.4 Å². The third-order valence-corrected chi connectivity index (χ3v) is 6.44. The molecule has 27 heavy (non-hydrogen) atoms. The van der Waals surface area contributed by atoms with E-state index in [0.717, 1.165) is 0 Å². The SMILES string of the molecule is CCCCCCCCCCCCc1ccc(-c2ccc3ccsc3c2)cc1. The summed E-state index contributed by atoms with van der Waals surface area (Å²) in [5.41, 5.74) is 4.14. The molecule has 1 heteroatoms. The second-order valence-electron chi connectivity index (χ2n) is 7.80. The summed E-state index contributed by atoms with van der Waals surface area (Å²) in [5, 5.41) is 3.52. The van der Waals surface area contributed by atoms with Gasteiger partial charge in [-0.25, -0.2) is 0 Å². The summed E-state index contributed by atoms with van der Waals surface area (Å²) in [5.74, 6) is 0. The number of benzene rings is 2. The minimum absolute atomic E-state index is 1.22. The highest BCUT2D eigenvalue weighted by atomic mass is 32.1. The van der Waals surface area contributed by atoms with Gasteiger partial charge in [-0.3, -0.25) is 0 Å². The number of aryl methyl sites for hydroxylation is 1. The van der Waals surface area contributed by atoms with E-state index in [1.54, 1.807) is 0 Å². The fraction of sp³-hybridized carbons (Fsp3) is 0.462. The average molecular weight is 379 g/mol. The molecule has 0 N–H and O–H groups in total. The third kappa shape index (κ3) is 6.50. The Kier molecular flexibility index (Phi) is 8.42. The molecule has 0 saturated heterocycles. The van der Waals surface area contributed by atoms with Crippen LogP contribution in [0, 0.1) is 0 Å². The summed E-state index contributed by atoms with van der Waals surface area (Å²) in [6.45, 7) is 2.29. The summed E-state index contributed by atoms with van der Waals surface area (Å²) in [6.07, 6.45) is 15.3. The van der Waals surface area contributed by atoms with Crippen molar-refractivity contribution < 1.29 is 0 Å². The van der Waals surface area contributed by atoms with Crippen LogP contribution in [0.3, 0.4) is 0 Å². The maximum Gasteiger partial charge on any atom is 0.0348 e. The number of hydrogen-bond donors (Lipinski definition) is 0. The molecule has 0 bridgehead atoms. The molecule has 0 aliphatic carbocycles. The minimum Gasteiger partial charge on any atom is -0.144 e. The van der Waals surface area contributed by atoms with Crippen LogP contribution < -0.4 is 0 Å². The Hall–Kier alpha value is -1.60. The number of hydrogen-bond acceptors (Lipinski definition) is 1. The zero-order valence-electron chi connectivity index (χ0n) is 16.9. The Morgan fingerprint density at radius 2 is 1.26 bits per heavy atom. The molecule has 0 aliphatic heterocycles. The predicted octanol–water partition coefficient (Wildman–Crippen LogP) is 9.03. The van der Waals surface area contributed by atoms with Crippen molar-refractivity contribution in [2.45, 2.75) is 77.6 Å². The first-order chi connectivity index (χ1) is 13.4. The Bertz CT molecular complexity index is 781. The lowest BCUT2D eigenvalue weighted by Crippen LogP contribution is -1.87. The molecule has 0 atom stereocenters. The van der Waals surface area contributed by atoms with Gasteiger partial charge in [0.1, 0.15) is 0 Å². The van der Waals surface area contributed by atoms with Crippen LogP contribution in [0.1, 0.15) is 76.7 Å². The van der Waals surface area contributed by atoms with Gasteiger partial charge in [0.2, 0.25) is 0 Å². The van der Waals surface area contributed by atoms with Crippen molar-refractivity contribution in [2.75, 3.05) is 0 Å². The van der Waals surface area contributed by atoms with Gasteiger partial charge >= 0.3 is 0 Å². The molecular weight excluding hydrogens is 344 g/mol. The van der Waals surface area contributed by atoms with E-state index in [-0.39, 0.29) is 0 Å². The lowest BCUT2D eigenvalue weighted by atomic mass is 10.00.